The maximum Gasteiger partial charge on any atom is 0.230 e. The Morgan fingerprint density at radius 1 is 1.21 bits per heavy atom. The number of aliphatic imine (C=N–C) groups is 1. The minimum absolute atomic E-state index is 0.115. The van der Waals surface area contributed by atoms with Crippen molar-refractivity contribution < 1.29 is 9.59 Å². The normalized spacial score (nSPS) is 15.8. The highest BCUT2D eigenvalue weighted by Crippen LogP contribution is 2.38. The Labute approximate surface area is 167 Å². The van der Waals surface area contributed by atoms with Gasteiger partial charge in [-0.2, -0.15) is 0 Å². The molecule has 1 aliphatic rings. The number of aromatic nitrogens is 1. The SMILES string of the molecule is CN=C(NCCC(=O)Nc1cccc(C)n1)NCC1(C(=O)N(C)C)CCCC1. The molecule has 0 bridgehead atoms. The zero-order chi connectivity index (χ0) is 20.6. The highest BCUT2D eigenvalue weighted by atomic mass is 16.2. The van der Waals surface area contributed by atoms with Gasteiger partial charge in [-0.05, 0) is 31.9 Å². The summed E-state index contributed by atoms with van der Waals surface area (Å²) in [6.07, 6.45) is 4.21. The number of aryl methyl sites for hydroxylation is 1. The number of pyridine rings is 1. The second-order valence-electron chi connectivity index (χ2n) is 7.50. The highest BCUT2D eigenvalue weighted by Gasteiger charge is 2.42. The van der Waals surface area contributed by atoms with Gasteiger partial charge in [0.25, 0.3) is 0 Å². The Hall–Kier alpha value is -2.64. The predicted molar refractivity (Wildman–Crippen MR) is 111 cm³/mol. The van der Waals surface area contributed by atoms with Gasteiger partial charge in [-0.3, -0.25) is 14.6 Å². The number of carbonyl (C=O) groups excluding carboxylic acids is 2. The minimum Gasteiger partial charge on any atom is -0.356 e. The summed E-state index contributed by atoms with van der Waals surface area (Å²) in [5.41, 5.74) is 0.489. The van der Waals surface area contributed by atoms with E-state index in [1.54, 1.807) is 32.1 Å². The van der Waals surface area contributed by atoms with Crippen molar-refractivity contribution in [1.29, 1.82) is 0 Å². The number of carbonyl (C=O) groups is 2. The Bertz CT molecular complexity index is 710. The summed E-state index contributed by atoms with van der Waals surface area (Å²) in [7, 11) is 5.29. The molecule has 0 atom stereocenters. The molecule has 2 rings (SSSR count). The van der Waals surface area contributed by atoms with Gasteiger partial charge in [0.15, 0.2) is 5.96 Å². The Balaban J connectivity index is 1.79. The summed E-state index contributed by atoms with van der Waals surface area (Å²) in [4.78, 5) is 34.8. The predicted octanol–water partition coefficient (Wildman–Crippen LogP) is 1.53. The van der Waals surface area contributed by atoms with Crippen LogP contribution in [0.3, 0.4) is 0 Å². The van der Waals surface area contributed by atoms with Gasteiger partial charge < -0.3 is 20.9 Å². The zero-order valence-corrected chi connectivity index (χ0v) is 17.3. The molecule has 0 unspecified atom stereocenters. The standard InChI is InChI=1S/C20H32N6O2/c1-15-8-7-9-16(24-15)25-17(27)10-13-22-19(21-2)23-14-20(11-5-6-12-20)18(28)26(3)4/h7-9H,5-6,10-14H2,1-4H3,(H2,21,22,23)(H,24,25,27). The van der Waals surface area contributed by atoms with Crippen LogP contribution in [0.25, 0.3) is 0 Å². The molecule has 0 aliphatic heterocycles. The van der Waals surface area contributed by atoms with E-state index in [-0.39, 0.29) is 23.7 Å². The summed E-state index contributed by atoms with van der Waals surface area (Å²) in [6, 6.07) is 5.50. The molecule has 1 aromatic rings. The summed E-state index contributed by atoms with van der Waals surface area (Å²) in [6.45, 7) is 2.86. The first-order valence-electron chi connectivity index (χ1n) is 9.76. The van der Waals surface area contributed by atoms with E-state index < -0.39 is 0 Å². The molecule has 3 N–H and O–H groups in total. The number of hydrogen-bond acceptors (Lipinski definition) is 4. The lowest BCUT2D eigenvalue weighted by Crippen LogP contribution is -2.49. The van der Waals surface area contributed by atoms with Crippen molar-refractivity contribution in [3.63, 3.8) is 0 Å². The van der Waals surface area contributed by atoms with Crippen LogP contribution in [0.15, 0.2) is 23.2 Å². The molecule has 0 radical (unpaired) electrons. The third-order valence-corrected chi connectivity index (χ3v) is 5.04. The van der Waals surface area contributed by atoms with Gasteiger partial charge in [0.05, 0.1) is 5.41 Å². The number of anilines is 1. The number of nitrogens with zero attached hydrogens (tertiary/aromatic N) is 3. The fraction of sp³-hybridized carbons (Fsp3) is 0.600. The van der Waals surface area contributed by atoms with Crippen LogP contribution in [0, 0.1) is 12.3 Å². The number of amides is 2. The molecular formula is C20H32N6O2. The average Bonchev–Trinajstić information content (AvgIpc) is 3.13. The molecule has 1 aromatic heterocycles. The third kappa shape index (κ3) is 5.94. The molecule has 0 saturated heterocycles. The van der Waals surface area contributed by atoms with Crippen LogP contribution in [-0.2, 0) is 9.59 Å². The lowest BCUT2D eigenvalue weighted by molar-refractivity contribution is -0.138. The van der Waals surface area contributed by atoms with Gasteiger partial charge >= 0.3 is 0 Å². The van der Waals surface area contributed by atoms with Gasteiger partial charge in [-0.1, -0.05) is 18.9 Å². The molecule has 28 heavy (non-hydrogen) atoms. The molecule has 0 spiro atoms. The lowest BCUT2D eigenvalue weighted by Gasteiger charge is -2.31. The number of hydrogen-bond donors (Lipinski definition) is 3. The first-order chi connectivity index (χ1) is 13.4. The van der Waals surface area contributed by atoms with Gasteiger partial charge in [-0.15, -0.1) is 0 Å². The average molecular weight is 389 g/mol. The Morgan fingerprint density at radius 3 is 2.54 bits per heavy atom. The largest absolute Gasteiger partial charge is 0.356 e. The molecule has 2 amide bonds. The molecule has 0 aromatic carbocycles. The molecule has 8 nitrogen and oxygen atoms in total. The van der Waals surface area contributed by atoms with Crippen molar-refractivity contribution in [2.45, 2.75) is 39.0 Å². The van der Waals surface area contributed by atoms with Gasteiger partial charge in [-0.25, -0.2) is 4.98 Å². The second-order valence-corrected chi connectivity index (χ2v) is 7.50. The van der Waals surface area contributed by atoms with E-state index in [1.807, 2.05) is 19.1 Å². The van der Waals surface area contributed by atoms with Crippen molar-refractivity contribution in [2.75, 3.05) is 39.5 Å². The van der Waals surface area contributed by atoms with Crippen LogP contribution in [0.4, 0.5) is 5.82 Å². The van der Waals surface area contributed by atoms with Gasteiger partial charge in [0.1, 0.15) is 5.82 Å². The lowest BCUT2D eigenvalue weighted by atomic mass is 9.84. The van der Waals surface area contributed by atoms with Crippen LogP contribution in [-0.4, -0.2) is 61.9 Å². The van der Waals surface area contributed by atoms with Crippen molar-refractivity contribution in [2.24, 2.45) is 10.4 Å². The first-order valence-corrected chi connectivity index (χ1v) is 9.76. The van der Waals surface area contributed by atoms with Crippen LogP contribution >= 0.6 is 0 Å². The number of nitrogens with one attached hydrogen (secondary N) is 3. The summed E-state index contributed by atoms with van der Waals surface area (Å²) in [5, 5.41) is 9.19. The molecule has 1 fully saturated rings. The Morgan fingerprint density at radius 2 is 1.93 bits per heavy atom. The van der Waals surface area contributed by atoms with Crippen molar-refractivity contribution >= 4 is 23.6 Å². The third-order valence-electron chi connectivity index (χ3n) is 5.04. The van der Waals surface area contributed by atoms with Crippen LogP contribution in [0.2, 0.25) is 0 Å². The van der Waals surface area contributed by atoms with Crippen molar-refractivity contribution in [3.8, 4) is 0 Å². The van der Waals surface area contributed by atoms with E-state index >= 15 is 0 Å². The smallest absolute Gasteiger partial charge is 0.230 e. The van der Waals surface area contributed by atoms with Crippen LogP contribution in [0.5, 0.6) is 0 Å². The quantitative estimate of drug-likeness (QED) is 0.486. The topological polar surface area (TPSA) is 98.7 Å². The van der Waals surface area contributed by atoms with E-state index in [0.717, 1.165) is 31.4 Å². The van der Waals surface area contributed by atoms with E-state index in [1.165, 1.54) is 0 Å². The zero-order valence-electron chi connectivity index (χ0n) is 17.3. The molecule has 1 aliphatic carbocycles. The van der Waals surface area contributed by atoms with Crippen molar-refractivity contribution in [1.82, 2.24) is 20.5 Å². The van der Waals surface area contributed by atoms with Crippen molar-refractivity contribution in [3.05, 3.63) is 23.9 Å². The maximum absolute atomic E-state index is 12.6. The minimum atomic E-state index is -0.366. The number of guanidine groups is 1. The summed E-state index contributed by atoms with van der Waals surface area (Å²) in [5.74, 6) is 1.20. The van der Waals surface area contributed by atoms with E-state index in [4.69, 9.17) is 0 Å². The Kier molecular flexibility index (Phi) is 7.78. The molecule has 1 heterocycles. The summed E-state index contributed by atoms with van der Waals surface area (Å²) >= 11 is 0. The van der Waals surface area contributed by atoms with E-state index in [9.17, 15) is 9.59 Å². The molecule has 154 valence electrons. The van der Waals surface area contributed by atoms with Gasteiger partial charge in [0, 0.05) is 46.3 Å². The molecule has 1 saturated carbocycles. The van der Waals surface area contributed by atoms with Gasteiger partial charge in [0.2, 0.25) is 11.8 Å². The number of rotatable bonds is 7. The molecule has 8 heteroatoms. The van der Waals surface area contributed by atoms with Crippen LogP contribution < -0.4 is 16.0 Å². The first kappa shape index (κ1) is 21.7. The van der Waals surface area contributed by atoms with Crippen LogP contribution in [0.1, 0.15) is 37.8 Å². The molecular weight excluding hydrogens is 356 g/mol. The maximum atomic E-state index is 12.6. The van der Waals surface area contributed by atoms with E-state index in [2.05, 4.69) is 25.9 Å². The van der Waals surface area contributed by atoms with E-state index in [0.29, 0.717) is 24.9 Å². The fourth-order valence-electron chi connectivity index (χ4n) is 3.58. The second kappa shape index (κ2) is 10.1. The highest BCUT2D eigenvalue weighted by molar-refractivity contribution is 5.90. The monoisotopic (exact) mass is 388 g/mol. The summed E-state index contributed by atoms with van der Waals surface area (Å²) < 4.78 is 0. The fourth-order valence-corrected chi connectivity index (χ4v) is 3.58.